The molecular formula is C9H11N3O4. The minimum absolute atomic E-state index is 0.237. The van der Waals surface area contributed by atoms with E-state index in [-0.39, 0.29) is 11.5 Å². The summed E-state index contributed by atoms with van der Waals surface area (Å²) >= 11 is 0. The fourth-order valence-corrected chi connectivity index (χ4v) is 2.16. The summed E-state index contributed by atoms with van der Waals surface area (Å²) in [7, 11) is 0. The molecule has 0 fully saturated rings. The predicted octanol–water partition coefficient (Wildman–Crippen LogP) is 1.06. The fraction of sp³-hybridized carbons (Fsp3) is 0.556. The zero-order valence-electron chi connectivity index (χ0n) is 8.71. The van der Waals surface area contributed by atoms with Crippen LogP contribution in [0.1, 0.15) is 30.3 Å². The second kappa shape index (κ2) is 3.58. The molecule has 1 aromatic heterocycles. The summed E-state index contributed by atoms with van der Waals surface area (Å²) in [6.07, 6.45) is 1.14. The van der Waals surface area contributed by atoms with Gasteiger partial charge in [0.25, 0.3) is 0 Å². The molecule has 0 saturated carbocycles. The number of carboxylic acid groups (broad SMARTS) is 1. The van der Waals surface area contributed by atoms with E-state index in [2.05, 4.69) is 4.98 Å². The Kier molecular flexibility index (Phi) is 2.37. The molecule has 0 amide bonds. The number of carbonyl (C=O) groups is 1. The molecule has 1 aliphatic rings. The van der Waals surface area contributed by atoms with Crippen molar-refractivity contribution >= 4 is 11.8 Å². The number of hydrogen-bond acceptors (Lipinski definition) is 4. The van der Waals surface area contributed by atoms with Crippen molar-refractivity contribution in [2.24, 2.45) is 0 Å². The van der Waals surface area contributed by atoms with Crippen molar-refractivity contribution in [2.45, 2.75) is 32.2 Å². The Morgan fingerprint density at radius 2 is 2.38 bits per heavy atom. The standard InChI is InChI=1S/C9H11N3O4/c1-5-10-8(12(15)16)7-6(9(13)14)3-2-4-11(5)7/h6H,2-4H2,1H3,(H,13,14). The Morgan fingerprint density at radius 3 is 2.94 bits per heavy atom. The van der Waals surface area contributed by atoms with Crippen LogP contribution in [0.15, 0.2) is 0 Å². The normalized spacial score (nSPS) is 19.2. The number of aryl methyl sites for hydroxylation is 1. The van der Waals surface area contributed by atoms with E-state index in [1.165, 1.54) is 0 Å². The van der Waals surface area contributed by atoms with Crippen LogP contribution in [0, 0.1) is 17.0 Å². The average Bonchev–Trinajstić information content (AvgIpc) is 2.56. The SMILES string of the molecule is Cc1nc([N+](=O)[O-])c2n1CCCC2C(=O)O. The molecule has 0 aliphatic carbocycles. The second-order valence-corrected chi connectivity index (χ2v) is 3.81. The van der Waals surface area contributed by atoms with Gasteiger partial charge >= 0.3 is 11.8 Å². The van der Waals surface area contributed by atoms with E-state index in [0.717, 1.165) is 0 Å². The van der Waals surface area contributed by atoms with Crippen LogP contribution in [-0.2, 0) is 11.3 Å². The summed E-state index contributed by atoms with van der Waals surface area (Å²) in [5, 5.41) is 19.8. The van der Waals surface area contributed by atoms with Crippen LogP contribution < -0.4 is 0 Å². The Morgan fingerprint density at radius 1 is 1.69 bits per heavy atom. The van der Waals surface area contributed by atoms with Crippen molar-refractivity contribution in [3.8, 4) is 0 Å². The van der Waals surface area contributed by atoms with Gasteiger partial charge < -0.3 is 19.8 Å². The molecule has 1 atom stereocenters. The molecule has 7 heteroatoms. The molecule has 0 spiro atoms. The van der Waals surface area contributed by atoms with E-state index in [0.29, 0.717) is 25.2 Å². The third-order valence-corrected chi connectivity index (χ3v) is 2.85. The molecule has 2 heterocycles. The van der Waals surface area contributed by atoms with Gasteiger partial charge in [0.2, 0.25) is 5.82 Å². The van der Waals surface area contributed by atoms with E-state index >= 15 is 0 Å². The van der Waals surface area contributed by atoms with Gasteiger partial charge in [0, 0.05) is 13.5 Å². The number of fused-ring (bicyclic) bond motifs is 1. The molecule has 86 valence electrons. The van der Waals surface area contributed by atoms with Crippen LogP contribution in [0.4, 0.5) is 5.82 Å². The van der Waals surface area contributed by atoms with Gasteiger partial charge in [-0.2, -0.15) is 0 Å². The van der Waals surface area contributed by atoms with Crippen molar-refractivity contribution in [1.82, 2.24) is 9.55 Å². The maximum Gasteiger partial charge on any atom is 0.386 e. The number of aliphatic carboxylic acids is 1. The minimum Gasteiger partial charge on any atom is -0.481 e. The van der Waals surface area contributed by atoms with Gasteiger partial charge in [-0.1, -0.05) is 0 Å². The summed E-state index contributed by atoms with van der Waals surface area (Å²) in [5.74, 6) is -1.64. The molecule has 2 rings (SSSR count). The fourth-order valence-electron chi connectivity index (χ4n) is 2.16. The highest BCUT2D eigenvalue weighted by atomic mass is 16.6. The molecule has 0 saturated heterocycles. The van der Waals surface area contributed by atoms with Crippen LogP contribution >= 0.6 is 0 Å². The maximum absolute atomic E-state index is 11.0. The van der Waals surface area contributed by atoms with Gasteiger partial charge in [-0.3, -0.25) is 4.79 Å². The van der Waals surface area contributed by atoms with Gasteiger partial charge in [-0.15, -0.1) is 0 Å². The number of nitro groups is 1. The predicted molar refractivity (Wildman–Crippen MR) is 53.2 cm³/mol. The monoisotopic (exact) mass is 225 g/mol. The Labute approximate surface area is 90.9 Å². The van der Waals surface area contributed by atoms with Crippen LogP contribution in [0.5, 0.6) is 0 Å². The molecule has 0 aromatic carbocycles. The smallest absolute Gasteiger partial charge is 0.386 e. The molecule has 1 N–H and O–H groups in total. The highest BCUT2D eigenvalue weighted by molar-refractivity contribution is 5.77. The lowest BCUT2D eigenvalue weighted by Gasteiger charge is -2.19. The van der Waals surface area contributed by atoms with Crippen LogP contribution in [-0.4, -0.2) is 25.6 Å². The zero-order valence-corrected chi connectivity index (χ0v) is 8.71. The lowest BCUT2D eigenvalue weighted by atomic mass is 9.96. The highest BCUT2D eigenvalue weighted by Crippen LogP contribution is 2.34. The molecule has 0 radical (unpaired) electrons. The molecule has 16 heavy (non-hydrogen) atoms. The van der Waals surface area contributed by atoms with Gasteiger partial charge in [0.05, 0.1) is 0 Å². The van der Waals surface area contributed by atoms with Crippen molar-refractivity contribution in [3.05, 3.63) is 21.6 Å². The lowest BCUT2D eigenvalue weighted by molar-refractivity contribution is -0.390. The Balaban J connectivity index is 2.60. The van der Waals surface area contributed by atoms with Crippen molar-refractivity contribution in [2.75, 3.05) is 0 Å². The summed E-state index contributed by atoms with van der Waals surface area (Å²) in [5.41, 5.74) is 0.237. The van der Waals surface area contributed by atoms with Crippen molar-refractivity contribution < 1.29 is 14.8 Å². The van der Waals surface area contributed by atoms with Crippen molar-refractivity contribution in [1.29, 1.82) is 0 Å². The van der Waals surface area contributed by atoms with E-state index in [9.17, 15) is 14.9 Å². The first kappa shape index (κ1) is 10.6. The third kappa shape index (κ3) is 1.44. The van der Waals surface area contributed by atoms with Gasteiger partial charge in [-0.05, 0) is 22.7 Å². The van der Waals surface area contributed by atoms with Crippen LogP contribution in [0.2, 0.25) is 0 Å². The van der Waals surface area contributed by atoms with E-state index in [1.807, 2.05) is 0 Å². The number of imidazole rings is 1. The van der Waals surface area contributed by atoms with Gasteiger partial charge in [0.15, 0.2) is 0 Å². The van der Waals surface area contributed by atoms with Crippen molar-refractivity contribution in [3.63, 3.8) is 0 Å². The zero-order chi connectivity index (χ0) is 11.9. The summed E-state index contributed by atoms with van der Waals surface area (Å²) in [4.78, 5) is 25.0. The largest absolute Gasteiger partial charge is 0.481 e. The molecule has 1 aromatic rings. The third-order valence-electron chi connectivity index (χ3n) is 2.85. The topological polar surface area (TPSA) is 98.3 Å². The number of carboxylic acids is 1. The molecule has 1 aliphatic heterocycles. The Bertz CT molecular complexity index is 466. The minimum atomic E-state index is -1.02. The average molecular weight is 225 g/mol. The van der Waals surface area contributed by atoms with Gasteiger partial charge in [-0.25, -0.2) is 0 Å². The number of rotatable bonds is 2. The first-order chi connectivity index (χ1) is 7.52. The second-order valence-electron chi connectivity index (χ2n) is 3.81. The number of hydrogen-bond donors (Lipinski definition) is 1. The number of nitrogens with zero attached hydrogens (tertiary/aromatic N) is 3. The first-order valence-electron chi connectivity index (χ1n) is 4.96. The van der Waals surface area contributed by atoms with E-state index in [1.54, 1.807) is 11.5 Å². The maximum atomic E-state index is 11.0. The highest BCUT2D eigenvalue weighted by Gasteiger charge is 2.37. The Hall–Kier alpha value is -1.92. The van der Waals surface area contributed by atoms with E-state index in [4.69, 9.17) is 5.11 Å². The number of aromatic nitrogens is 2. The lowest BCUT2D eigenvalue weighted by Crippen LogP contribution is -2.22. The van der Waals surface area contributed by atoms with Crippen LogP contribution in [0.25, 0.3) is 0 Å². The molecule has 7 nitrogen and oxygen atoms in total. The van der Waals surface area contributed by atoms with Crippen LogP contribution in [0.3, 0.4) is 0 Å². The van der Waals surface area contributed by atoms with E-state index < -0.39 is 16.8 Å². The first-order valence-corrected chi connectivity index (χ1v) is 4.96. The summed E-state index contributed by atoms with van der Waals surface area (Å²) in [6, 6.07) is 0. The molecular weight excluding hydrogens is 214 g/mol. The van der Waals surface area contributed by atoms with Gasteiger partial charge in [0.1, 0.15) is 11.6 Å². The molecule has 1 unspecified atom stereocenters. The quantitative estimate of drug-likeness (QED) is 0.599. The molecule has 0 bridgehead atoms. The summed E-state index contributed by atoms with van der Waals surface area (Å²) < 4.78 is 1.64. The summed E-state index contributed by atoms with van der Waals surface area (Å²) in [6.45, 7) is 2.26.